The Morgan fingerprint density at radius 1 is 1.06 bits per heavy atom. The molecule has 0 radical (unpaired) electrons. The summed E-state index contributed by atoms with van der Waals surface area (Å²) in [6.07, 6.45) is 1.59. The number of hydrogen-bond donors (Lipinski definition) is 4. The molecule has 1 saturated heterocycles. The molecule has 0 aromatic heterocycles. The number of anilines is 1. The molecule has 4 N–H and O–H groups in total. The Morgan fingerprint density at radius 3 is 2.52 bits per heavy atom. The van der Waals surface area contributed by atoms with Crippen LogP contribution in [0.5, 0.6) is 0 Å². The second kappa shape index (κ2) is 11.2. The minimum atomic E-state index is -1.01. The van der Waals surface area contributed by atoms with E-state index in [9.17, 15) is 19.5 Å². The molecule has 8 nitrogen and oxygen atoms in total. The van der Waals surface area contributed by atoms with E-state index in [2.05, 4.69) is 16.0 Å². The van der Waals surface area contributed by atoms with Gasteiger partial charge in [-0.3, -0.25) is 14.4 Å². The Morgan fingerprint density at radius 2 is 1.81 bits per heavy atom. The van der Waals surface area contributed by atoms with Crippen molar-refractivity contribution in [1.82, 2.24) is 10.6 Å². The van der Waals surface area contributed by atoms with Crippen LogP contribution in [-0.2, 0) is 14.3 Å². The molecule has 1 aliphatic heterocycles. The second-order valence-electron chi connectivity index (χ2n) is 7.42. The number of piperidine rings is 1. The molecular weight excluding hydrogens is 398 g/mol. The van der Waals surface area contributed by atoms with Crippen LogP contribution in [0.3, 0.4) is 0 Å². The number of carbonyl (C=O) groups excluding carboxylic acids is 2. The molecule has 3 rings (SSSR count). The fourth-order valence-corrected chi connectivity index (χ4v) is 3.44. The zero-order valence-corrected chi connectivity index (χ0v) is 17.2. The number of hydrogen-bond acceptors (Lipinski definition) is 5. The average molecular weight is 425 g/mol. The van der Waals surface area contributed by atoms with E-state index >= 15 is 0 Å². The molecule has 1 fully saturated rings. The maximum absolute atomic E-state index is 12.7. The summed E-state index contributed by atoms with van der Waals surface area (Å²) in [5.74, 6) is -1.72. The molecule has 0 bridgehead atoms. The van der Waals surface area contributed by atoms with Crippen LogP contribution < -0.4 is 16.0 Å². The van der Waals surface area contributed by atoms with Crippen LogP contribution in [-0.4, -0.2) is 48.7 Å². The first-order valence-corrected chi connectivity index (χ1v) is 10.3. The maximum atomic E-state index is 12.7. The van der Waals surface area contributed by atoms with Crippen LogP contribution in [0, 0.1) is 0 Å². The SMILES string of the molecule is O=C(O)CC(NC(=O)c1cccc(NC(=O)COC2CCNCC2)c1)c1ccccc1. The molecule has 1 heterocycles. The highest BCUT2D eigenvalue weighted by molar-refractivity contribution is 5.97. The number of rotatable bonds is 9. The van der Waals surface area contributed by atoms with Gasteiger partial charge >= 0.3 is 5.97 Å². The van der Waals surface area contributed by atoms with Gasteiger partial charge in [0.15, 0.2) is 0 Å². The molecule has 2 aromatic rings. The third-order valence-corrected chi connectivity index (χ3v) is 5.03. The quantitative estimate of drug-likeness (QED) is 0.490. The summed E-state index contributed by atoms with van der Waals surface area (Å²) in [7, 11) is 0. The molecule has 0 saturated carbocycles. The van der Waals surface area contributed by atoms with Crippen molar-refractivity contribution in [3.05, 3.63) is 65.7 Å². The minimum absolute atomic E-state index is 0.0458. The number of amides is 2. The summed E-state index contributed by atoms with van der Waals surface area (Å²) >= 11 is 0. The second-order valence-corrected chi connectivity index (χ2v) is 7.42. The number of benzene rings is 2. The van der Waals surface area contributed by atoms with Gasteiger partial charge in [0, 0.05) is 11.3 Å². The number of nitrogens with one attached hydrogen (secondary N) is 3. The molecule has 2 amide bonds. The summed E-state index contributed by atoms with van der Waals surface area (Å²) in [5.41, 5.74) is 1.50. The van der Waals surface area contributed by atoms with Crippen molar-refractivity contribution in [2.45, 2.75) is 31.4 Å². The van der Waals surface area contributed by atoms with Crippen LogP contribution in [0.4, 0.5) is 5.69 Å². The lowest BCUT2D eigenvalue weighted by atomic mass is 10.0. The van der Waals surface area contributed by atoms with Gasteiger partial charge in [-0.2, -0.15) is 0 Å². The van der Waals surface area contributed by atoms with Gasteiger partial charge in [-0.15, -0.1) is 0 Å². The van der Waals surface area contributed by atoms with E-state index in [0.717, 1.165) is 25.9 Å². The Hall–Kier alpha value is -3.23. The lowest BCUT2D eigenvalue weighted by Crippen LogP contribution is -2.34. The lowest BCUT2D eigenvalue weighted by Gasteiger charge is -2.22. The van der Waals surface area contributed by atoms with E-state index in [1.165, 1.54) is 0 Å². The molecule has 8 heteroatoms. The highest BCUT2D eigenvalue weighted by Crippen LogP contribution is 2.18. The van der Waals surface area contributed by atoms with Crippen LogP contribution in [0.1, 0.15) is 41.2 Å². The van der Waals surface area contributed by atoms with Crippen molar-refractivity contribution in [1.29, 1.82) is 0 Å². The van der Waals surface area contributed by atoms with Crippen LogP contribution >= 0.6 is 0 Å². The zero-order chi connectivity index (χ0) is 22.1. The summed E-state index contributed by atoms with van der Waals surface area (Å²) in [5, 5.41) is 18.0. The minimum Gasteiger partial charge on any atom is -0.481 e. The van der Waals surface area contributed by atoms with Crippen LogP contribution in [0.25, 0.3) is 0 Å². The Labute approximate surface area is 181 Å². The maximum Gasteiger partial charge on any atom is 0.305 e. The lowest BCUT2D eigenvalue weighted by molar-refractivity contribution is -0.137. The Bertz CT molecular complexity index is 897. The van der Waals surface area contributed by atoms with E-state index in [-0.39, 0.29) is 25.0 Å². The van der Waals surface area contributed by atoms with E-state index in [1.807, 2.05) is 6.07 Å². The number of ether oxygens (including phenoxy) is 1. The van der Waals surface area contributed by atoms with E-state index in [0.29, 0.717) is 16.8 Å². The molecule has 1 unspecified atom stereocenters. The van der Waals surface area contributed by atoms with Gasteiger partial charge in [-0.25, -0.2) is 0 Å². The smallest absolute Gasteiger partial charge is 0.305 e. The monoisotopic (exact) mass is 425 g/mol. The number of carboxylic acid groups (broad SMARTS) is 1. The topological polar surface area (TPSA) is 117 Å². The van der Waals surface area contributed by atoms with Gasteiger partial charge in [-0.1, -0.05) is 36.4 Å². The molecule has 31 heavy (non-hydrogen) atoms. The van der Waals surface area contributed by atoms with Crippen LogP contribution in [0.15, 0.2) is 54.6 Å². The van der Waals surface area contributed by atoms with E-state index < -0.39 is 17.9 Å². The van der Waals surface area contributed by atoms with Crippen molar-refractivity contribution in [2.24, 2.45) is 0 Å². The highest BCUT2D eigenvalue weighted by Gasteiger charge is 2.19. The Kier molecular flexibility index (Phi) is 8.14. The van der Waals surface area contributed by atoms with E-state index in [4.69, 9.17) is 4.74 Å². The number of aliphatic carboxylic acids is 1. The van der Waals surface area contributed by atoms with Gasteiger partial charge in [0.05, 0.1) is 18.6 Å². The van der Waals surface area contributed by atoms with Gasteiger partial charge < -0.3 is 25.8 Å². The first-order valence-electron chi connectivity index (χ1n) is 10.3. The molecule has 0 aliphatic carbocycles. The van der Waals surface area contributed by atoms with Crippen molar-refractivity contribution in [2.75, 3.05) is 25.0 Å². The predicted octanol–water partition coefficient (Wildman–Crippen LogP) is 2.34. The normalized spacial score (nSPS) is 15.1. The summed E-state index contributed by atoms with van der Waals surface area (Å²) < 4.78 is 5.65. The molecule has 1 aliphatic rings. The molecule has 0 spiro atoms. The first kappa shape index (κ1) is 22.5. The number of carbonyl (C=O) groups is 3. The fourth-order valence-electron chi connectivity index (χ4n) is 3.44. The van der Waals surface area contributed by atoms with Crippen molar-refractivity contribution in [3.8, 4) is 0 Å². The predicted molar refractivity (Wildman–Crippen MR) is 116 cm³/mol. The number of carboxylic acids is 1. The van der Waals surface area contributed by atoms with Gasteiger partial charge in [0.25, 0.3) is 5.91 Å². The largest absolute Gasteiger partial charge is 0.481 e. The summed E-state index contributed by atoms with van der Waals surface area (Å²) in [6.45, 7) is 1.72. The van der Waals surface area contributed by atoms with Gasteiger partial charge in [-0.05, 0) is 49.7 Å². The summed E-state index contributed by atoms with van der Waals surface area (Å²) in [4.78, 5) is 36.2. The van der Waals surface area contributed by atoms with Crippen molar-refractivity contribution >= 4 is 23.5 Å². The van der Waals surface area contributed by atoms with Crippen molar-refractivity contribution < 1.29 is 24.2 Å². The third-order valence-electron chi connectivity index (χ3n) is 5.03. The highest BCUT2D eigenvalue weighted by atomic mass is 16.5. The fraction of sp³-hybridized carbons (Fsp3) is 0.348. The molecular formula is C23H27N3O5. The van der Waals surface area contributed by atoms with Gasteiger partial charge in [0.2, 0.25) is 5.91 Å². The standard InChI is InChI=1S/C23H27N3O5/c27-21(15-31-19-9-11-24-12-10-19)25-18-8-4-7-17(13-18)23(30)26-20(14-22(28)29)16-5-2-1-3-6-16/h1-8,13,19-20,24H,9-12,14-15H2,(H,25,27)(H,26,30)(H,28,29). The van der Waals surface area contributed by atoms with Crippen LogP contribution in [0.2, 0.25) is 0 Å². The third kappa shape index (κ3) is 7.20. The zero-order valence-electron chi connectivity index (χ0n) is 17.2. The molecule has 1 atom stereocenters. The van der Waals surface area contributed by atoms with Gasteiger partial charge in [0.1, 0.15) is 6.61 Å². The molecule has 2 aromatic carbocycles. The average Bonchev–Trinajstić information content (AvgIpc) is 2.78. The van der Waals surface area contributed by atoms with Crippen molar-refractivity contribution in [3.63, 3.8) is 0 Å². The Balaban J connectivity index is 1.59. The summed E-state index contributed by atoms with van der Waals surface area (Å²) in [6, 6.07) is 14.8. The first-order chi connectivity index (χ1) is 15.0. The van der Waals surface area contributed by atoms with E-state index in [1.54, 1.807) is 48.5 Å². The molecule has 164 valence electrons.